The van der Waals surface area contributed by atoms with E-state index in [-0.39, 0.29) is 23.3 Å². The highest BCUT2D eigenvalue weighted by molar-refractivity contribution is 7.07. The molecule has 4 rings (SSSR count). The van der Waals surface area contributed by atoms with Crippen molar-refractivity contribution in [3.05, 3.63) is 101 Å². The van der Waals surface area contributed by atoms with Gasteiger partial charge in [-0.2, -0.15) is 0 Å². The Balaban J connectivity index is 2.00. The summed E-state index contributed by atoms with van der Waals surface area (Å²) in [5, 5.41) is 0.502. The molecule has 0 fully saturated rings. The maximum absolute atomic E-state index is 14.8. The molecule has 1 aliphatic rings. The van der Waals surface area contributed by atoms with Crippen LogP contribution in [0.2, 0.25) is 5.02 Å². The third-order valence-corrected chi connectivity index (χ3v) is 6.24. The number of benzene rings is 2. The predicted molar refractivity (Wildman–Crippen MR) is 118 cm³/mol. The van der Waals surface area contributed by atoms with Crippen molar-refractivity contribution in [2.75, 3.05) is 6.61 Å². The van der Waals surface area contributed by atoms with Crippen molar-refractivity contribution in [1.82, 2.24) is 4.57 Å². The topological polar surface area (TPSA) is 60.7 Å². The first kappa shape index (κ1) is 21.2. The van der Waals surface area contributed by atoms with Crippen LogP contribution in [0, 0.1) is 5.82 Å². The Bertz CT molecular complexity index is 1390. The highest BCUT2D eigenvalue weighted by atomic mass is 35.5. The van der Waals surface area contributed by atoms with Gasteiger partial charge < -0.3 is 4.74 Å². The van der Waals surface area contributed by atoms with Crippen molar-refractivity contribution in [3.8, 4) is 0 Å². The molecule has 0 amide bonds. The van der Waals surface area contributed by atoms with Crippen LogP contribution in [0.1, 0.15) is 31.0 Å². The van der Waals surface area contributed by atoms with Crippen molar-refractivity contribution in [2.45, 2.75) is 19.9 Å². The maximum atomic E-state index is 14.8. The Hall–Kier alpha value is -3.03. The number of nitrogens with zero attached hydrogens (tertiary/aromatic N) is 2. The van der Waals surface area contributed by atoms with Crippen molar-refractivity contribution < 1.29 is 13.9 Å². The average Bonchev–Trinajstić information content (AvgIpc) is 3.04. The van der Waals surface area contributed by atoms with E-state index in [9.17, 15) is 14.0 Å². The molecule has 1 aliphatic heterocycles. The Morgan fingerprint density at radius 3 is 2.68 bits per heavy atom. The molecule has 2 heterocycles. The minimum atomic E-state index is -0.982. The average molecular weight is 457 g/mol. The second-order valence-corrected chi connectivity index (χ2v) is 8.26. The third-order valence-electron chi connectivity index (χ3n) is 4.91. The summed E-state index contributed by atoms with van der Waals surface area (Å²) in [7, 11) is 0. The molecule has 158 valence electrons. The van der Waals surface area contributed by atoms with Crippen LogP contribution in [0.5, 0.6) is 0 Å². The second kappa shape index (κ2) is 8.61. The minimum absolute atomic E-state index is 0.142. The van der Waals surface area contributed by atoms with E-state index in [0.717, 1.165) is 11.3 Å². The van der Waals surface area contributed by atoms with Gasteiger partial charge in [0.2, 0.25) is 0 Å². The van der Waals surface area contributed by atoms with Crippen LogP contribution < -0.4 is 14.9 Å². The fourth-order valence-electron chi connectivity index (χ4n) is 3.52. The lowest BCUT2D eigenvalue weighted by Crippen LogP contribution is -2.40. The van der Waals surface area contributed by atoms with Crippen LogP contribution in [-0.2, 0) is 9.53 Å². The van der Waals surface area contributed by atoms with E-state index in [1.807, 2.05) is 6.07 Å². The second-order valence-electron chi connectivity index (χ2n) is 6.85. The van der Waals surface area contributed by atoms with Gasteiger partial charge in [0.15, 0.2) is 4.80 Å². The Morgan fingerprint density at radius 1 is 1.26 bits per heavy atom. The van der Waals surface area contributed by atoms with Gasteiger partial charge in [-0.1, -0.05) is 59.3 Å². The number of hydrogen-bond donors (Lipinski definition) is 0. The molecule has 0 saturated heterocycles. The molecule has 1 aromatic heterocycles. The number of halogens is 2. The Morgan fingerprint density at radius 2 is 1.97 bits per heavy atom. The molecule has 1 unspecified atom stereocenters. The van der Waals surface area contributed by atoms with Gasteiger partial charge in [0.25, 0.3) is 5.56 Å². The van der Waals surface area contributed by atoms with Crippen LogP contribution in [0.3, 0.4) is 0 Å². The van der Waals surface area contributed by atoms with Crippen LogP contribution >= 0.6 is 22.9 Å². The molecule has 0 spiro atoms. The van der Waals surface area contributed by atoms with Crippen LogP contribution in [0.15, 0.2) is 69.6 Å². The quantitative estimate of drug-likeness (QED) is 0.564. The van der Waals surface area contributed by atoms with Gasteiger partial charge in [-0.05, 0) is 37.6 Å². The summed E-state index contributed by atoms with van der Waals surface area (Å²) < 4.78 is 21.7. The Labute approximate surface area is 186 Å². The highest BCUT2D eigenvalue weighted by Gasteiger charge is 2.34. The first-order valence-corrected chi connectivity index (χ1v) is 10.8. The van der Waals surface area contributed by atoms with E-state index >= 15 is 0 Å². The SMILES string of the molecule is CCOC(=O)C1=C(C)N=c2s/c(=C\c3ccccc3Cl)c(=O)n2C1c1ccccc1F. The van der Waals surface area contributed by atoms with Crippen molar-refractivity contribution >= 4 is 35.0 Å². The smallest absolute Gasteiger partial charge is 0.338 e. The summed E-state index contributed by atoms with van der Waals surface area (Å²) >= 11 is 7.40. The highest BCUT2D eigenvalue weighted by Crippen LogP contribution is 2.32. The molecule has 2 aromatic carbocycles. The molecule has 31 heavy (non-hydrogen) atoms. The van der Waals surface area contributed by atoms with E-state index < -0.39 is 17.8 Å². The van der Waals surface area contributed by atoms with Gasteiger partial charge in [0.1, 0.15) is 11.9 Å². The summed E-state index contributed by atoms with van der Waals surface area (Å²) in [6, 6.07) is 12.2. The zero-order chi connectivity index (χ0) is 22.1. The molecule has 1 atom stereocenters. The number of ether oxygens (including phenoxy) is 1. The summed E-state index contributed by atoms with van der Waals surface area (Å²) in [6.45, 7) is 3.49. The summed E-state index contributed by atoms with van der Waals surface area (Å²) in [4.78, 5) is 31.0. The van der Waals surface area contributed by atoms with Gasteiger partial charge in [-0.3, -0.25) is 9.36 Å². The van der Waals surface area contributed by atoms with Crippen molar-refractivity contribution in [1.29, 1.82) is 0 Å². The fraction of sp³-hybridized carbons (Fsp3) is 0.174. The molecule has 0 radical (unpaired) electrons. The Kier molecular flexibility index (Phi) is 5.89. The molecule has 0 bridgehead atoms. The molecule has 0 saturated carbocycles. The summed E-state index contributed by atoms with van der Waals surface area (Å²) in [5.41, 5.74) is 1.02. The zero-order valence-corrected chi connectivity index (χ0v) is 18.3. The number of esters is 1. The van der Waals surface area contributed by atoms with E-state index in [2.05, 4.69) is 4.99 Å². The van der Waals surface area contributed by atoms with Crippen LogP contribution in [0.4, 0.5) is 4.39 Å². The van der Waals surface area contributed by atoms with E-state index in [4.69, 9.17) is 16.3 Å². The molecule has 3 aromatic rings. The van der Waals surface area contributed by atoms with Crippen molar-refractivity contribution in [3.63, 3.8) is 0 Å². The zero-order valence-electron chi connectivity index (χ0n) is 16.8. The largest absolute Gasteiger partial charge is 0.463 e. The number of carbonyl (C=O) groups excluding carboxylic acids is 1. The molecular weight excluding hydrogens is 439 g/mol. The minimum Gasteiger partial charge on any atom is -0.463 e. The monoisotopic (exact) mass is 456 g/mol. The lowest BCUT2D eigenvalue weighted by atomic mass is 9.95. The number of carbonyl (C=O) groups is 1. The standard InChI is InChI=1S/C23H18ClFN2O3S/c1-3-30-22(29)19-13(2)26-23-27(20(19)15-9-5-7-11-17(15)25)21(28)18(31-23)12-14-8-4-6-10-16(14)24/h4-12,20H,3H2,1-2H3/b18-12-. The number of hydrogen-bond acceptors (Lipinski definition) is 5. The number of rotatable bonds is 4. The van der Waals surface area contributed by atoms with Crippen LogP contribution in [0.25, 0.3) is 6.08 Å². The summed E-state index contributed by atoms with van der Waals surface area (Å²) in [5.74, 6) is -1.15. The third kappa shape index (κ3) is 3.86. The molecule has 5 nitrogen and oxygen atoms in total. The molecule has 8 heteroatoms. The lowest BCUT2D eigenvalue weighted by molar-refractivity contribution is -0.139. The summed E-state index contributed by atoms with van der Waals surface area (Å²) in [6.07, 6.45) is 1.67. The van der Waals surface area contributed by atoms with Gasteiger partial charge in [-0.15, -0.1) is 0 Å². The molecule has 0 N–H and O–H groups in total. The van der Waals surface area contributed by atoms with Crippen molar-refractivity contribution in [2.24, 2.45) is 4.99 Å². The van der Waals surface area contributed by atoms with Gasteiger partial charge in [0.05, 0.1) is 22.4 Å². The fourth-order valence-corrected chi connectivity index (χ4v) is 4.74. The van der Waals surface area contributed by atoms with Crippen LogP contribution in [-0.4, -0.2) is 17.1 Å². The number of allylic oxidation sites excluding steroid dienone is 1. The number of fused-ring (bicyclic) bond motifs is 1. The van der Waals surface area contributed by atoms with Gasteiger partial charge in [0, 0.05) is 10.6 Å². The number of thiazole rings is 1. The first-order valence-electron chi connectivity index (χ1n) is 9.61. The predicted octanol–water partition coefficient (Wildman–Crippen LogP) is 3.59. The lowest BCUT2D eigenvalue weighted by Gasteiger charge is -2.24. The molecule has 0 aliphatic carbocycles. The van der Waals surface area contributed by atoms with Gasteiger partial charge in [-0.25, -0.2) is 14.2 Å². The van der Waals surface area contributed by atoms with E-state index in [1.54, 1.807) is 56.3 Å². The molecular formula is C23H18ClFN2O3S. The van der Waals surface area contributed by atoms with E-state index in [0.29, 0.717) is 25.6 Å². The normalized spacial score (nSPS) is 16.1. The first-order chi connectivity index (χ1) is 14.9. The van der Waals surface area contributed by atoms with Gasteiger partial charge >= 0.3 is 5.97 Å². The number of aromatic nitrogens is 1. The maximum Gasteiger partial charge on any atom is 0.338 e. The van der Waals surface area contributed by atoms with E-state index in [1.165, 1.54) is 10.6 Å².